The Kier molecular flexibility index (Phi) is 6.39. The van der Waals surface area contributed by atoms with Crippen molar-refractivity contribution < 1.29 is 18.0 Å². The maximum Gasteiger partial charge on any atom is 0.242 e. The lowest BCUT2D eigenvalue weighted by Crippen LogP contribution is -2.44. The summed E-state index contributed by atoms with van der Waals surface area (Å²) in [4.78, 5) is 32.5. The van der Waals surface area contributed by atoms with E-state index < -0.39 is 21.7 Å². The van der Waals surface area contributed by atoms with E-state index in [2.05, 4.69) is 20.8 Å². The lowest BCUT2D eigenvalue weighted by Gasteiger charge is -2.12. The summed E-state index contributed by atoms with van der Waals surface area (Å²) in [7, 11) is -3.13. The zero-order valence-electron chi connectivity index (χ0n) is 14.5. The summed E-state index contributed by atoms with van der Waals surface area (Å²) < 4.78 is 22.7. The molecule has 1 aliphatic heterocycles. The molecule has 1 atom stereocenters. The van der Waals surface area contributed by atoms with Gasteiger partial charge in [0.15, 0.2) is 15.0 Å². The van der Waals surface area contributed by atoms with E-state index in [1.807, 2.05) is 20.1 Å². The highest BCUT2D eigenvalue weighted by Gasteiger charge is 2.33. The van der Waals surface area contributed by atoms with Crippen LogP contribution in [0.1, 0.15) is 29.8 Å². The number of hydrogen-bond donors (Lipinski definition) is 2. The van der Waals surface area contributed by atoms with Gasteiger partial charge in [-0.05, 0) is 38.5 Å². The van der Waals surface area contributed by atoms with Crippen LogP contribution >= 0.6 is 11.8 Å². The van der Waals surface area contributed by atoms with Gasteiger partial charge in [-0.3, -0.25) is 20.4 Å². The molecule has 0 spiro atoms. The third-order valence-electron chi connectivity index (χ3n) is 4.11. The monoisotopic (exact) mass is 386 g/mol. The molecule has 0 radical (unpaired) electrons. The summed E-state index contributed by atoms with van der Waals surface area (Å²) in [6, 6.07) is 0. The normalized spacial score (nSPS) is 18.8. The molecule has 0 unspecified atom stereocenters. The number of rotatable bonds is 5. The molecule has 1 saturated heterocycles. The van der Waals surface area contributed by atoms with Gasteiger partial charge in [0.1, 0.15) is 0 Å². The van der Waals surface area contributed by atoms with Gasteiger partial charge in [-0.1, -0.05) is 11.8 Å². The summed E-state index contributed by atoms with van der Waals surface area (Å²) in [5, 5.41) is 0.696. The number of aromatic nitrogens is 2. The number of nitrogens with one attached hydrogen (secondary N) is 2. The van der Waals surface area contributed by atoms with Crippen molar-refractivity contribution in [2.24, 2.45) is 5.92 Å². The Morgan fingerprint density at radius 3 is 2.36 bits per heavy atom. The average Bonchev–Trinajstić information content (AvgIpc) is 2.91. The Labute approximate surface area is 151 Å². The highest BCUT2D eigenvalue weighted by atomic mass is 32.2. The second kappa shape index (κ2) is 8.13. The molecular weight excluding hydrogens is 364 g/mol. The molecule has 10 heteroatoms. The number of nitrogens with zero attached hydrogens (tertiary/aromatic N) is 2. The summed E-state index contributed by atoms with van der Waals surface area (Å²) in [5.41, 5.74) is 7.24. The van der Waals surface area contributed by atoms with Gasteiger partial charge in [0.25, 0.3) is 0 Å². The highest BCUT2D eigenvalue weighted by molar-refractivity contribution is 7.98. The van der Waals surface area contributed by atoms with Gasteiger partial charge in [-0.15, -0.1) is 0 Å². The fourth-order valence-electron chi connectivity index (χ4n) is 2.70. The lowest BCUT2D eigenvalue weighted by molar-refractivity contribution is -0.130. The fourth-order valence-corrected chi connectivity index (χ4v) is 4.90. The zero-order chi connectivity index (χ0) is 18.6. The van der Waals surface area contributed by atoms with Crippen LogP contribution in [0.4, 0.5) is 0 Å². The molecule has 0 aromatic carbocycles. The van der Waals surface area contributed by atoms with Crippen LogP contribution in [0, 0.1) is 19.8 Å². The van der Waals surface area contributed by atoms with E-state index in [1.54, 1.807) is 0 Å². The van der Waals surface area contributed by atoms with Crippen LogP contribution in [0.15, 0.2) is 5.16 Å². The molecule has 0 saturated carbocycles. The Morgan fingerprint density at radius 2 is 1.84 bits per heavy atom. The molecular formula is C15H22N4O4S2. The molecule has 0 bridgehead atoms. The number of aryl methyl sites for hydroxylation is 2. The van der Waals surface area contributed by atoms with Crippen LogP contribution in [0.3, 0.4) is 0 Å². The van der Waals surface area contributed by atoms with Crippen molar-refractivity contribution >= 4 is 33.4 Å². The molecule has 2 N–H and O–H groups in total. The standard InChI is InChI=1S/C15H22N4O4S2/c1-9-12(10(2)17-15(16-9)24-3)4-5-13(20)18-19-14(21)11-6-7-25(22,23)8-11/h11H,4-8H2,1-3H3,(H,18,20)(H,19,21)/t11-/m0/s1. The first-order valence-corrected chi connectivity index (χ1v) is 10.9. The first-order valence-electron chi connectivity index (χ1n) is 7.89. The fraction of sp³-hybridized carbons (Fsp3) is 0.600. The molecule has 1 fully saturated rings. The Hall–Kier alpha value is -1.68. The molecule has 8 nitrogen and oxygen atoms in total. The van der Waals surface area contributed by atoms with Crippen molar-refractivity contribution in [3.63, 3.8) is 0 Å². The summed E-state index contributed by atoms with van der Waals surface area (Å²) in [6.07, 6.45) is 2.83. The molecule has 2 heterocycles. The van der Waals surface area contributed by atoms with E-state index in [4.69, 9.17) is 0 Å². The molecule has 1 aromatic heterocycles. The quantitative estimate of drug-likeness (QED) is 0.425. The second-order valence-corrected chi connectivity index (χ2v) is 9.00. The van der Waals surface area contributed by atoms with Crippen molar-refractivity contribution in [3.8, 4) is 0 Å². The van der Waals surface area contributed by atoms with Gasteiger partial charge in [0.05, 0.1) is 17.4 Å². The van der Waals surface area contributed by atoms with E-state index >= 15 is 0 Å². The minimum atomic E-state index is -3.13. The van der Waals surface area contributed by atoms with Crippen molar-refractivity contribution in [1.82, 2.24) is 20.8 Å². The molecule has 1 aromatic rings. The molecule has 1 aliphatic rings. The van der Waals surface area contributed by atoms with E-state index in [-0.39, 0.29) is 23.8 Å². The molecule has 25 heavy (non-hydrogen) atoms. The number of thioether (sulfide) groups is 1. The van der Waals surface area contributed by atoms with Crippen molar-refractivity contribution in [3.05, 3.63) is 17.0 Å². The lowest BCUT2D eigenvalue weighted by atomic mass is 10.1. The van der Waals surface area contributed by atoms with Crippen LogP contribution < -0.4 is 10.9 Å². The number of hydrazine groups is 1. The molecule has 138 valence electrons. The van der Waals surface area contributed by atoms with E-state index in [9.17, 15) is 18.0 Å². The Morgan fingerprint density at radius 1 is 1.20 bits per heavy atom. The summed E-state index contributed by atoms with van der Waals surface area (Å²) >= 11 is 1.46. The van der Waals surface area contributed by atoms with Crippen LogP contribution in [-0.4, -0.2) is 48.0 Å². The number of sulfone groups is 1. The van der Waals surface area contributed by atoms with Gasteiger partial charge < -0.3 is 0 Å². The van der Waals surface area contributed by atoms with Crippen LogP contribution in [-0.2, 0) is 25.8 Å². The average molecular weight is 386 g/mol. The third-order valence-corrected chi connectivity index (χ3v) is 6.43. The first kappa shape index (κ1) is 19.6. The maximum absolute atomic E-state index is 11.9. The summed E-state index contributed by atoms with van der Waals surface area (Å²) in [6.45, 7) is 3.76. The van der Waals surface area contributed by atoms with Gasteiger partial charge in [0.2, 0.25) is 11.8 Å². The van der Waals surface area contributed by atoms with E-state index in [0.717, 1.165) is 17.0 Å². The van der Waals surface area contributed by atoms with Gasteiger partial charge in [-0.2, -0.15) is 0 Å². The Bertz CT molecular complexity index is 757. The molecule has 2 rings (SSSR count). The first-order chi connectivity index (χ1) is 11.7. The van der Waals surface area contributed by atoms with Gasteiger partial charge >= 0.3 is 0 Å². The number of carbonyl (C=O) groups is 2. The smallest absolute Gasteiger partial charge is 0.242 e. The molecule has 0 aliphatic carbocycles. The largest absolute Gasteiger partial charge is 0.273 e. The van der Waals surface area contributed by atoms with Crippen LogP contribution in [0.2, 0.25) is 0 Å². The van der Waals surface area contributed by atoms with Crippen LogP contribution in [0.5, 0.6) is 0 Å². The number of carbonyl (C=O) groups excluding carboxylic acids is 2. The highest BCUT2D eigenvalue weighted by Crippen LogP contribution is 2.18. The van der Waals surface area contributed by atoms with Gasteiger partial charge in [-0.25, -0.2) is 18.4 Å². The SMILES string of the molecule is CSc1nc(C)c(CCC(=O)NNC(=O)[C@H]2CCS(=O)(=O)C2)c(C)n1. The Balaban J connectivity index is 1.82. The second-order valence-electron chi connectivity index (χ2n) is 6.00. The molecule has 2 amide bonds. The van der Waals surface area contributed by atoms with E-state index in [1.165, 1.54) is 11.8 Å². The van der Waals surface area contributed by atoms with E-state index in [0.29, 0.717) is 18.0 Å². The predicted molar refractivity (Wildman–Crippen MR) is 94.7 cm³/mol. The number of amides is 2. The van der Waals surface area contributed by atoms with Crippen LogP contribution in [0.25, 0.3) is 0 Å². The topological polar surface area (TPSA) is 118 Å². The number of hydrogen-bond acceptors (Lipinski definition) is 7. The zero-order valence-corrected chi connectivity index (χ0v) is 16.1. The minimum absolute atomic E-state index is 0.0175. The van der Waals surface area contributed by atoms with Crippen molar-refractivity contribution in [2.75, 3.05) is 17.8 Å². The van der Waals surface area contributed by atoms with Crippen molar-refractivity contribution in [1.29, 1.82) is 0 Å². The maximum atomic E-state index is 11.9. The minimum Gasteiger partial charge on any atom is -0.273 e. The van der Waals surface area contributed by atoms with Gasteiger partial charge in [0, 0.05) is 17.8 Å². The predicted octanol–water partition coefficient (Wildman–Crippen LogP) is 0.330. The summed E-state index contributed by atoms with van der Waals surface area (Å²) in [5.74, 6) is -1.55. The van der Waals surface area contributed by atoms with Crippen molar-refractivity contribution in [2.45, 2.75) is 38.3 Å². The third kappa shape index (κ3) is 5.40.